The van der Waals surface area contributed by atoms with Crippen LogP contribution in [0, 0.1) is 0 Å². The van der Waals surface area contributed by atoms with Crippen molar-refractivity contribution in [2.75, 3.05) is 78.4 Å². The van der Waals surface area contributed by atoms with Gasteiger partial charge in [-0.3, -0.25) is 19.4 Å². The molecule has 0 aromatic heterocycles. The molecule has 30 heavy (non-hydrogen) atoms. The van der Waals surface area contributed by atoms with E-state index in [-0.39, 0.29) is 11.8 Å². The second-order valence-corrected chi connectivity index (χ2v) is 8.80. The third-order valence-corrected chi connectivity index (χ3v) is 6.19. The zero-order chi connectivity index (χ0) is 21.5. The standard InChI is InChI=1S/C23H37N5O2/c1-24(2)21-9-7-20(8-10-21)17-25(3)22(29)18-26-13-15-27(16-14-26)19-23(30)28-11-5-4-6-12-28/h7-10H,4-6,11-19H2,1-3H3. The molecule has 0 unspecified atom stereocenters. The summed E-state index contributed by atoms with van der Waals surface area (Å²) in [5.74, 6) is 0.406. The molecular weight excluding hydrogens is 378 g/mol. The van der Waals surface area contributed by atoms with Crippen molar-refractivity contribution in [2.24, 2.45) is 0 Å². The van der Waals surface area contributed by atoms with Crippen molar-refractivity contribution in [1.29, 1.82) is 0 Å². The van der Waals surface area contributed by atoms with Crippen LogP contribution in [0.4, 0.5) is 5.69 Å². The van der Waals surface area contributed by atoms with Crippen LogP contribution < -0.4 is 4.90 Å². The summed E-state index contributed by atoms with van der Waals surface area (Å²) in [4.78, 5) is 35.4. The number of likely N-dealkylation sites (tertiary alicyclic amines) is 1. The van der Waals surface area contributed by atoms with Crippen molar-refractivity contribution in [2.45, 2.75) is 25.8 Å². The van der Waals surface area contributed by atoms with Gasteiger partial charge in [0.1, 0.15) is 0 Å². The van der Waals surface area contributed by atoms with Crippen LogP contribution in [-0.2, 0) is 16.1 Å². The lowest BCUT2D eigenvalue weighted by atomic mass is 10.1. The Bertz CT molecular complexity index is 692. The quantitative estimate of drug-likeness (QED) is 0.673. The van der Waals surface area contributed by atoms with Gasteiger partial charge in [0.05, 0.1) is 13.1 Å². The smallest absolute Gasteiger partial charge is 0.236 e. The number of carbonyl (C=O) groups is 2. The van der Waals surface area contributed by atoms with Crippen LogP contribution >= 0.6 is 0 Å². The van der Waals surface area contributed by atoms with E-state index in [2.05, 4.69) is 39.0 Å². The molecule has 0 N–H and O–H groups in total. The highest BCUT2D eigenvalue weighted by molar-refractivity contribution is 5.78. The van der Waals surface area contributed by atoms with E-state index >= 15 is 0 Å². The maximum absolute atomic E-state index is 12.7. The van der Waals surface area contributed by atoms with E-state index in [1.807, 2.05) is 26.0 Å². The Kier molecular flexibility index (Phi) is 8.10. The zero-order valence-electron chi connectivity index (χ0n) is 18.8. The zero-order valence-corrected chi connectivity index (χ0v) is 18.8. The molecule has 2 saturated heterocycles. The van der Waals surface area contributed by atoms with Crippen LogP contribution in [0.5, 0.6) is 0 Å². The fourth-order valence-corrected chi connectivity index (χ4v) is 4.11. The van der Waals surface area contributed by atoms with Gasteiger partial charge in [-0.15, -0.1) is 0 Å². The Morgan fingerprint density at radius 3 is 1.93 bits per heavy atom. The van der Waals surface area contributed by atoms with E-state index in [9.17, 15) is 9.59 Å². The second kappa shape index (κ2) is 10.8. The normalized spacial score (nSPS) is 18.3. The van der Waals surface area contributed by atoms with Gasteiger partial charge in [-0.1, -0.05) is 12.1 Å². The minimum atomic E-state index is 0.143. The van der Waals surface area contributed by atoms with Crippen LogP contribution in [0.3, 0.4) is 0 Å². The lowest BCUT2D eigenvalue weighted by Gasteiger charge is -2.36. The average Bonchev–Trinajstić information content (AvgIpc) is 2.76. The molecule has 0 spiro atoms. The first kappa shape index (κ1) is 22.6. The highest BCUT2D eigenvalue weighted by atomic mass is 16.2. The summed E-state index contributed by atoms with van der Waals surface area (Å²) < 4.78 is 0. The van der Waals surface area contributed by atoms with Crippen molar-refractivity contribution < 1.29 is 9.59 Å². The SMILES string of the molecule is CN(Cc1ccc(N(C)C)cc1)C(=O)CN1CCN(CC(=O)N2CCCCC2)CC1. The summed E-state index contributed by atoms with van der Waals surface area (Å²) >= 11 is 0. The Morgan fingerprint density at radius 2 is 1.37 bits per heavy atom. The summed E-state index contributed by atoms with van der Waals surface area (Å²) in [7, 11) is 5.91. The van der Waals surface area contributed by atoms with Gasteiger partial charge in [0.15, 0.2) is 0 Å². The monoisotopic (exact) mass is 415 g/mol. The molecule has 0 saturated carbocycles. The largest absolute Gasteiger partial charge is 0.378 e. The van der Waals surface area contributed by atoms with Gasteiger partial charge in [0.25, 0.3) is 0 Å². The molecule has 0 bridgehead atoms. The number of piperazine rings is 1. The number of amides is 2. The minimum absolute atomic E-state index is 0.143. The Hall–Kier alpha value is -2.12. The van der Waals surface area contributed by atoms with Gasteiger partial charge in [-0.25, -0.2) is 0 Å². The van der Waals surface area contributed by atoms with Gasteiger partial charge >= 0.3 is 0 Å². The average molecular weight is 416 g/mol. The van der Waals surface area contributed by atoms with Gasteiger partial charge in [-0.05, 0) is 37.0 Å². The van der Waals surface area contributed by atoms with Crippen molar-refractivity contribution in [1.82, 2.24) is 19.6 Å². The Balaban J connectivity index is 1.38. The predicted molar refractivity (Wildman–Crippen MR) is 121 cm³/mol. The molecule has 7 heteroatoms. The topological polar surface area (TPSA) is 50.3 Å². The molecule has 166 valence electrons. The molecule has 2 aliphatic heterocycles. The number of hydrogen-bond acceptors (Lipinski definition) is 5. The third-order valence-electron chi connectivity index (χ3n) is 6.19. The number of benzene rings is 1. The second-order valence-electron chi connectivity index (χ2n) is 8.80. The number of carbonyl (C=O) groups excluding carboxylic acids is 2. The summed E-state index contributed by atoms with van der Waals surface area (Å²) in [6.45, 7) is 6.79. The number of likely N-dealkylation sites (N-methyl/N-ethyl adjacent to an activating group) is 1. The molecule has 2 aliphatic rings. The summed E-state index contributed by atoms with van der Waals surface area (Å²) in [5.41, 5.74) is 2.29. The van der Waals surface area contributed by atoms with Crippen LogP contribution in [0.25, 0.3) is 0 Å². The Labute approximate surface area is 181 Å². The Morgan fingerprint density at radius 1 is 0.800 bits per heavy atom. The highest BCUT2D eigenvalue weighted by Gasteiger charge is 2.24. The van der Waals surface area contributed by atoms with Gasteiger partial charge < -0.3 is 14.7 Å². The first-order valence-electron chi connectivity index (χ1n) is 11.1. The lowest BCUT2D eigenvalue weighted by Crippen LogP contribution is -2.52. The molecular formula is C23H37N5O2. The molecule has 0 radical (unpaired) electrons. The van der Waals surface area contributed by atoms with E-state index in [0.717, 1.165) is 63.4 Å². The van der Waals surface area contributed by atoms with Crippen LogP contribution in [0.2, 0.25) is 0 Å². The molecule has 0 aliphatic carbocycles. The van der Waals surface area contributed by atoms with Gasteiger partial charge in [-0.2, -0.15) is 0 Å². The van der Waals surface area contributed by atoms with E-state index in [4.69, 9.17) is 0 Å². The summed E-state index contributed by atoms with van der Waals surface area (Å²) in [6, 6.07) is 8.32. The predicted octanol–water partition coefficient (Wildman–Crippen LogP) is 1.34. The van der Waals surface area contributed by atoms with Crippen LogP contribution in [0.15, 0.2) is 24.3 Å². The number of anilines is 1. The fraction of sp³-hybridized carbons (Fsp3) is 0.652. The third kappa shape index (κ3) is 6.44. The van der Waals surface area contributed by atoms with Crippen molar-refractivity contribution in [3.05, 3.63) is 29.8 Å². The van der Waals surface area contributed by atoms with Crippen LogP contribution in [0.1, 0.15) is 24.8 Å². The number of piperidine rings is 1. The van der Waals surface area contributed by atoms with E-state index in [1.54, 1.807) is 4.90 Å². The maximum Gasteiger partial charge on any atom is 0.236 e. The first-order chi connectivity index (χ1) is 14.4. The maximum atomic E-state index is 12.7. The molecule has 0 atom stereocenters. The van der Waals surface area contributed by atoms with E-state index in [0.29, 0.717) is 19.6 Å². The number of rotatable bonds is 7. The molecule has 2 heterocycles. The number of hydrogen-bond donors (Lipinski definition) is 0. The van der Waals surface area contributed by atoms with Gasteiger partial charge in [0, 0.05) is 72.6 Å². The van der Waals surface area contributed by atoms with E-state index in [1.165, 1.54) is 6.42 Å². The van der Waals surface area contributed by atoms with Crippen molar-refractivity contribution in [3.8, 4) is 0 Å². The lowest BCUT2D eigenvalue weighted by molar-refractivity contribution is -0.135. The van der Waals surface area contributed by atoms with Crippen molar-refractivity contribution in [3.63, 3.8) is 0 Å². The number of nitrogens with zero attached hydrogens (tertiary/aromatic N) is 5. The van der Waals surface area contributed by atoms with Crippen LogP contribution in [-0.4, -0.2) is 105 Å². The molecule has 3 rings (SSSR count). The minimum Gasteiger partial charge on any atom is -0.378 e. The molecule has 1 aromatic carbocycles. The summed E-state index contributed by atoms with van der Waals surface area (Å²) in [5, 5.41) is 0. The molecule has 2 fully saturated rings. The van der Waals surface area contributed by atoms with Crippen molar-refractivity contribution >= 4 is 17.5 Å². The fourth-order valence-electron chi connectivity index (χ4n) is 4.11. The highest BCUT2D eigenvalue weighted by Crippen LogP contribution is 2.14. The summed E-state index contributed by atoms with van der Waals surface area (Å²) in [6.07, 6.45) is 3.51. The molecule has 2 amide bonds. The molecule has 1 aromatic rings. The first-order valence-corrected chi connectivity index (χ1v) is 11.1. The molecule has 7 nitrogen and oxygen atoms in total. The van der Waals surface area contributed by atoms with Gasteiger partial charge in [0.2, 0.25) is 11.8 Å². The van der Waals surface area contributed by atoms with E-state index < -0.39 is 0 Å².